The minimum absolute atomic E-state index is 0.795. The van der Waals surface area contributed by atoms with Crippen LogP contribution in [-0.4, -0.2) is 51.0 Å². The van der Waals surface area contributed by atoms with Crippen molar-refractivity contribution in [3.63, 3.8) is 0 Å². The summed E-state index contributed by atoms with van der Waals surface area (Å²) >= 11 is 0. The monoisotopic (exact) mass is 202 g/mol. The highest BCUT2D eigenvalue weighted by molar-refractivity contribution is 4.57. The lowest BCUT2D eigenvalue weighted by Gasteiger charge is -2.21. The Kier molecular flexibility index (Phi) is 10.9. The summed E-state index contributed by atoms with van der Waals surface area (Å²) in [7, 11) is 0. The molecule has 3 nitrogen and oxygen atoms in total. The van der Waals surface area contributed by atoms with Gasteiger partial charge in [0.2, 0.25) is 0 Å². The lowest BCUT2D eigenvalue weighted by atomic mass is 10.4. The predicted octanol–water partition coefficient (Wildman–Crippen LogP) is 1.59. The van der Waals surface area contributed by atoms with Gasteiger partial charge in [-0.15, -0.1) is 0 Å². The topological polar surface area (TPSA) is 21.7 Å². The molecule has 0 aliphatic heterocycles. The molecule has 0 atom stereocenters. The average molecular weight is 202 g/mol. The maximum absolute atomic E-state index is 5.31. The Morgan fingerprint density at radius 1 is 0.929 bits per heavy atom. The molecule has 3 heteroatoms. The minimum Gasteiger partial charge on any atom is -0.380 e. The van der Waals surface area contributed by atoms with E-state index in [9.17, 15) is 0 Å². The number of hydrogen-bond acceptors (Lipinski definition) is 3. The summed E-state index contributed by atoms with van der Waals surface area (Å²) in [5.41, 5.74) is 0. The van der Waals surface area contributed by atoms with Gasteiger partial charge in [0.1, 0.15) is 0 Å². The summed E-state index contributed by atoms with van der Waals surface area (Å²) in [6, 6.07) is 0. The third-order valence-corrected chi connectivity index (χ3v) is 1.99. The molecule has 0 aromatic carbocycles. The third-order valence-electron chi connectivity index (χ3n) is 1.99. The maximum atomic E-state index is 5.31. The van der Waals surface area contributed by atoms with Crippen molar-refractivity contribution in [2.75, 3.05) is 46.1 Å². The fourth-order valence-corrected chi connectivity index (χ4v) is 1.23. The summed E-state index contributed by atoms with van der Waals surface area (Å²) in [5, 5.41) is 0. The first-order chi connectivity index (χ1) is 6.85. The number of hydrogen-bond donors (Lipinski definition) is 0. The van der Waals surface area contributed by atoms with E-state index >= 15 is 0 Å². The first kappa shape index (κ1) is 13.9. The van der Waals surface area contributed by atoms with E-state index < -0.39 is 0 Å². The summed E-state index contributed by atoms with van der Waals surface area (Å²) in [4.78, 5) is 2.33. The van der Waals surface area contributed by atoms with Gasteiger partial charge in [0.25, 0.3) is 0 Å². The van der Waals surface area contributed by atoms with E-state index in [4.69, 9.17) is 9.47 Å². The van der Waals surface area contributed by atoms with Gasteiger partial charge in [0, 0.05) is 26.3 Å². The minimum atomic E-state index is 0.795. The van der Waals surface area contributed by atoms with Crippen LogP contribution < -0.4 is 0 Å². The van der Waals surface area contributed by atoms with Crippen LogP contribution in [0, 0.1) is 6.92 Å². The lowest BCUT2D eigenvalue weighted by Crippen LogP contribution is -2.31. The van der Waals surface area contributed by atoms with E-state index in [0.29, 0.717) is 0 Å². The standard InChI is InChI=1S/C11H24NO2/c1-4-7-12(8-10-13-5-2)9-11-14-6-3/h1,4-11H2,2-3H3. The molecule has 0 bridgehead atoms. The van der Waals surface area contributed by atoms with E-state index in [1.54, 1.807) is 0 Å². The average Bonchev–Trinajstić information content (AvgIpc) is 2.18. The first-order valence-corrected chi connectivity index (χ1v) is 5.52. The molecule has 0 aromatic rings. The van der Waals surface area contributed by atoms with E-state index in [1.165, 1.54) is 0 Å². The number of rotatable bonds is 10. The highest BCUT2D eigenvalue weighted by atomic mass is 16.5. The second-order valence-corrected chi connectivity index (χ2v) is 3.09. The van der Waals surface area contributed by atoms with Crippen LogP contribution in [0.15, 0.2) is 0 Å². The van der Waals surface area contributed by atoms with Gasteiger partial charge < -0.3 is 9.47 Å². The summed E-state index contributed by atoms with van der Waals surface area (Å²) in [6.45, 7) is 14.1. The molecule has 85 valence electrons. The van der Waals surface area contributed by atoms with Gasteiger partial charge in [0.05, 0.1) is 13.2 Å². The smallest absolute Gasteiger partial charge is 0.0593 e. The molecule has 0 spiro atoms. The van der Waals surface area contributed by atoms with Crippen LogP contribution in [-0.2, 0) is 9.47 Å². The van der Waals surface area contributed by atoms with Gasteiger partial charge in [-0.3, -0.25) is 4.90 Å². The van der Waals surface area contributed by atoms with Crippen LogP contribution in [0.4, 0.5) is 0 Å². The second-order valence-electron chi connectivity index (χ2n) is 3.09. The molecule has 0 N–H and O–H groups in total. The van der Waals surface area contributed by atoms with Gasteiger partial charge in [-0.1, -0.05) is 6.92 Å². The lowest BCUT2D eigenvalue weighted by molar-refractivity contribution is 0.0835. The fraction of sp³-hybridized carbons (Fsp3) is 0.909. The molecular weight excluding hydrogens is 178 g/mol. The SMILES string of the molecule is [CH2]CCN(CCOCC)CCOCC. The van der Waals surface area contributed by atoms with Crippen LogP contribution >= 0.6 is 0 Å². The Bertz CT molecular complexity index is 99.5. The Morgan fingerprint density at radius 2 is 1.43 bits per heavy atom. The van der Waals surface area contributed by atoms with Crippen LogP contribution in [0.1, 0.15) is 20.3 Å². The molecule has 0 amide bonds. The molecule has 14 heavy (non-hydrogen) atoms. The molecule has 0 saturated heterocycles. The molecule has 0 aromatic heterocycles. The third kappa shape index (κ3) is 8.48. The second kappa shape index (κ2) is 11.0. The molecule has 0 rings (SSSR count). The largest absolute Gasteiger partial charge is 0.380 e. The molecular formula is C11H24NO2. The van der Waals surface area contributed by atoms with Crippen molar-refractivity contribution in [1.29, 1.82) is 0 Å². The number of nitrogens with zero attached hydrogens (tertiary/aromatic N) is 1. The van der Waals surface area contributed by atoms with E-state index in [-0.39, 0.29) is 0 Å². The van der Waals surface area contributed by atoms with Gasteiger partial charge in [-0.2, -0.15) is 0 Å². The van der Waals surface area contributed by atoms with Crippen molar-refractivity contribution in [3.8, 4) is 0 Å². The van der Waals surface area contributed by atoms with Crippen molar-refractivity contribution in [3.05, 3.63) is 6.92 Å². The van der Waals surface area contributed by atoms with E-state index in [1.807, 2.05) is 13.8 Å². The first-order valence-electron chi connectivity index (χ1n) is 5.52. The molecule has 0 aliphatic rings. The van der Waals surface area contributed by atoms with Crippen LogP contribution in [0.5, 0.6) is 0 Å². The van der Waals surface area contributed by atoms with Gasteiger partial charge in [0.15, 0.2) is 0 Å². The summed E-state index contributed by atoms with van der Waals surface area (Å²) in [6.07, 6.45) is 0.943. The molecule has 1 radical (unpaired) electrons. The molecule has 0 fully saturated rings. The van der Waals surface area contributed by atoms with Gasteiger partial charge in [-0.25, -0.2) is 0 Å². The molecule has 0 saturated carbocycles. The van der Waals surface area contributed by atoms with Crippen LogP contribution in [0.25, 0.3) is 0 Å². The Morgan fingerprint density at radius 3 is 1.79 bits per heavy atom. The van der Waals surface area contributed by atoms with Crippen molar-refractivity contribution in [1.82, 2.24) is 4.90 Å². The summed E-state index contributed by atoms with van der Waals surface area (Å²) < 4.78 is 10.6. The zero-order chi connectivity index (χ0) is 10.6. The normalized spacial score (nSPS) is 11.1. The van der Waals surface area contributed by atoms with E-state index in [2.05, 4.69) is 11.8 Å². The van der Waals surface area contributed by atoms with Crippen LogP contribution in [0.3, 0.4) is 0 Å². The Hall–Kier alpha value is -0.120. The number of ether oxygens (including phenoxy) is 2. The fourth-order valence-electron chi connectivity index (χ4n) is 1.23. The Labute approximate surface area is 88.4 Å². The van der Waals surface area contributed by atoms with Gasteiger partial charge in [-0.05, 0) is 26.8 Å². The summed E-state index contributed by atoms with van der Waals surface area (Å²) in [5.74, 6) is 0. The quantitative estimate of drug-likeness (QED) is 0.502. The molecule has 0 heterocycles. The van der Waals surface area contributed by atoms with E-state index in [0.717, 1.165) is 52.5 Å². The predicted molar refractivity (Wildman–Crippen MR) is 59.4 cm³/mol. The van der Waals surface area contributed by atoms with Crippen molar-refractivity contribution < 1.29 is 9.47 Å². The van der Waals surface area contributed by atoms with Gasteiger partial charge >= 0.3 is 0 Å². The molecule has 0 aliphatic carbocycles. The maximum Gasteiger partial charge on any atom is 0.0593 e. The van der Waals surface area contributed by atoms with Crippen molar-refractivity contribution in [2.45, 2.75) is 20.3 Å². The van der Waals surface area contributed by atoms with Crippen molar-refractivity contribution >= 4 is 0 Å². The zero-order valence-corrected chi connectivity index (χ0v) is 9.63. The highest BCUT2D eigenvalue weighted by Crippen LogP contribution is 1.92. The van der Waals surface area contributed by atoms with Crippen molar-refractivity contribution in [2.24, 2.45) is 0 Å². The Balaban J connectivity index is 3.44. The zero-order valence-electron chi connectivity index (χ0n) is 9.63. The van der Waals surface area contributed by atoms with Crippen LogP contribution in [0.2, 0.25) is 0 Å². The highest BCUT2D eigenvalue weighted by Gasteiger charge is 2.02. The molecule has 0 unspecified atom stereocenters.